The molecule has 1 fully saturated rings. The van der Waals surface area contributed by atoms with Crippen LogP contribution in [0.3, 0.4) is 0 Å². The predicted molar refractivity (Wildman–Crippen MR) is 60.2 cm³/mol. The first kappa shape index (κ1) is 10.2. The van der Waals surface area contributed by atoms with Gasteiger partial charge in [0.15, 0.2) is 0 Å². The fraction of sp³-hybridized carbons (Fsp3) is 0.833. The van der Waals surface area contributed by atoms with Crippen molar-refractivity contribution in [2.75, 3.05) is 13.1 Å². The molecule has 0 spiro atoms. The summed E-state index contributed by atoms with van der Waals surface area (Å²) in [6.45, 7) is 4.68. The average Bonchev–Trinajstić information content (AvgIpc) is 2.21. The molecule has 0 atom stereocenters. The van der Waals surface area contributed by atoms with E-state index in [4.69, 9.17) is 5.73 Å². The third-order valence-corrected chi connectivity index (χ3v) is 3.73. The number of rotatable bonds is 1. The summed E-state index contributed by atoms with van der Waals surface area (Å²) in [7, 11) is 0. The third-order valence-electron chi connectivity index (χ3n) is 3.73. The summed E-state index contributed by atoms with van der Waals surface area (Å²) in [4.78, 5) is 2.64. The molecule has 1 aliphatic heterocycles. The fourth-order valence-corrected chi connectivity index (χ4v) is 2.58. The van der Waals surface area contributed by atoms with E-state index in [0.717, 1.165) is 6.04 Å². The van der Waals surface area contributed by atoms with Crippen LogP contribution in [0.2, 0.25) is 0 Å². The lowest BCUT2D eigenvalue weighted by Gasteiger charge is -2.37. The minimum absolute atomic E-state index is 0.480. The molecule has 1 aliphatic carbocycles. The lowest BCUT2D eigenvalue weighted by Crippen LogP contribution is -2.42. The summed E-state index contributed by atoms with van der Waals surface area (Å²) in [5.74, 6) is 0. The SMILES string of the molecule is CC1=CCN(C2CCC(N)CC2)CC1. The lowest BCUT2D eigenvalue weighted by molar-refractivity contribution is 0.160. The maximum atomic E-state index is 5.92. The molecule has 0 aromatic heterocycles. The van der Waals surface area contributed by atoms with Gasteiger partial charge in [0.25, 0.3) is 0 Å². The van der Waals surface area contributed by atoms with E-state index in [1.165, 1.54) is 45.2 Å². The van der Waals surface area contributed by atoms with Gasteiger partial charge in [-0.25, -0.2) is 0 Å². The lowest BCUT2D eigenvalue weighted by atomic mass is 9.90. The molecular weight excluding hydrogens is 172 g/mol. The molecule has 2 N–H and O–H groups in total. The Bertz CT molecular complexity index is 214. The van der Waals surface area contributed by atoms with E-state index in [9.17, 15) is 0 Å². The Balaban J connectivity index is 1.84. The fourth-order valence-electron chi connectivity index (χ4n) is 2.58. The Hall–Kier alpha value is -0.340. The molecule has 2 nitrogen and oxygen atoms in total. The highest BCUT2D eigenvalue weighted by Crippen LogP contribution is 2.24. The van der Waals surface area contributed by atoms with Crippen molar-refractivity contribution in [1.82, 2.24) is 4.90 Å². The topological polar surface area (TPSA) is 29.3 Å². The Morgan fingerprint density at radius 1 is 1.29 bits per heavy atom. The van der Waals surface area contributed by atoms with Crippen LogP contribution >= 0.6 is 0 Å². The predicted octanol–water partition coefficient (Wildman–Crippen LogP) is 1.91. The van der Waals surface area contributed by atoms with Crippen LogP contribution < -0.4 is 5.73 Å². The summed E-state index contributed by atoms with van der Waals surface area (Å²) in [6, 6.07) is 1.30. The Morgan fingerprint density at radius 2 is 2.00 bits per heavy atom. The van der Waals surface area contributed by atoms with Crippen LogP contribution in [0, 0.1) is 0 Å². The highest BCUT2D eigenvalue weighted by atomic mass is 15.2. The smallest absolute Gasteiger partial charge is 0.0168 e. The molecule has 14 heavy (non-hydrogen) atoms. The molecule has 0 amide bonds. The second kappa shape index (κ2) is 4.45. The van der Waals surface area contributed by atoms with Crippen molar-refractivity contribution in [2.45, 2.75) is 51.1 Å². The van der Waals surface area contributed by atoms with Gasteiger partial charge in [-0.05, 0) is 39.0 Å². The Kier molecular flexibility index (Phi) is 3.24. The number of nitrogens with zero attached hydrogens (tertiary/aromatic N) is 1. The average molecular weight is 194 g/mol. The molecule has 2 heteroatoms. The molecule has 1 saturated carbocycles. The second-order valence-corrected chi connectivity index (χ2v) is 4.86. The quantitative estimate of drug-likeness (QED) is 0.646. The van der Waals surface area contributed by atoms with Gasteiger partial charge in [-0.2, -0.15) is 0 Å². The van der Waals surface area contributed by atoms with Gasteiger partial charge in [0.05, 0.1) is 0 Å². The monoisotopic (exact) mass is 194 g/mol. The number of hydrogen-bond acceptors (Lipinski definition) is 2. The molecule has 0 aromatic rings. The van der Waals surface area contributed by atoms with Gasteiger partial charge >= 0.3 is 0 Å². The van der Waals surface area contributed by atoms with Crippen molar-refractivity contribution in [3.8, 4) is 0 Å². The van der Waals surface area contributed by atoms with E-state index >= 15 is 0 Å². The van der Waals surface area contributed by atoms with E-state index in [1.54, 1.807) is 5.57 Å². The Labute approximate surface area is 87.2 Å². The van der Waals surface area contributed by atoms with Crippen LogP contribution in [0.1, 0.15) is 39.0 Å². The zero-order valence-electron chi connectivity index (χ0n) is 9.21. The molecule has 2 rings (SSSR count). The van der Waals surface area contributed by atoms with Crippen molar-refractivity contribution in [1.29, 1.82) is 0 Å². The zero-order valence-corrected chi connectivity index (χ0v) is 9.21. The van der Waals surface area contributed by atoms with Crippen LogP contribution in [-0.2, 0) is 0 Å². The van der Waals surface area contributed by atoms with Gasteiger partial charge in [0, 0.05) is 25.2 Å². The number of hydrogen-bond donors (Lipinski definition) is 1. The molecule has 0 unspecified atom stereocenters. The highest BCUT2D eigenvalue weighted by Gasteiger charge is 2.24. The van der Waals surface area contributed by atoms with Crippen LogP contribution in [0.4, 0.5) is 0 Å². The molecule has 80 valence electrons. The molecule has 0 bridgehead atoms. The van der Waals surface area contributed by atoms with E-state index in [-0.39, 0.29) is 0 Å². The summed E-state index contributed by atoms with van der Waals surface area (Å²) >= 11 is 0. The summed E-state index contributed by atoms with van der Waals surface area (Å²) in [5, 5.41) is 0. The van der Waals surface area contributed by atoms with Crippen LogP contribution in [0.25, 0.3) is 0 Å². The van der Waals surface area contributed by atoms with Gasteiger partial charge < -0.3 is 5.73 Å². The number of nitrogens with two attached hydrogens (primary N) is 1. The van der Waals surface area contributed by atoms with E-state index in [2.05, 4.69) is 17.9 Å². The van der Waals surface area contributed by atoms with Crippen molar-refractivity contribution < 1.29 is 0 Å². The van der Waals surface area contributed by atoms with Gasteiger partial charge in [0.1, 0.15) is 0 Å². The molecule has 1 heterocycles. The summed E-state index contributed by atoms with van der Waals surface area (Å²) < 4.78 is 0. The maximum absolute atomic E-state index is 5.92. The zero-order chi connectivity index (χ0) is 9.97. The molecule has 0 saturated heterocycles. The van der Waals surface area contributed by atoms with E-state index in [1.807, 2.05) is 0 Å². The van der Waals surface area contributed by atoms with E-state index < -0.39 is 0 Å². The molecular formula is C12H22N2. The largest absolute Gasteiger partial charge is 0.328 e. The van der Waals surface area contributed by atoms with Gasteiger partial charge in [-0.1, -0.05) is 11.6 Å². The van der Waals surface area contributed by atoms with Crippen LogP contribution in [0.15, 0.2) is 11.6 Å². The minimum atomic E-state index is 0.480. The first-order valence-electron chi connectivity index (χ1n) is 5.91. The van der Waals surface area contributed by atoms with Crippen molar-refractivity contribution in [3.05, 3.63) is 11.6 Å². The first-order valence-corrected chi connectivity index (χ1v) is 5.91. The van der Waals surface area contributed by atoms with Crippen LogP contribution in [-0.4, -0.2) is 30.1 Å². The maximum Gasteiger partial charge on any atom is 0.0168 e. The van der Waals surface area contributed by atoms with Gasteiger partial charge in [-0.15, -0.1) is 0 Å². The van der Waals surface area contributed by atoms with Gasteiger partial charge in [-0.3, -0.25) is 4.90 Å². The second-order valence-electron chi connectivity index (χ2n) is 4.86. The molecule has 0 radical (unpaired) electrons. The minimum Gasteiger partial charge on any atom is -0.328 e. The third kappa shape index (κ3) is 2.37. The summed E-state index contributed by atoms with van der Waals surface area (Å²) in [6.07, 6.45) is 8.73. The molecule has 0 aromatic carbocycles. The molecule has 2 aliphatic rings. The van der Waals surface area contributed by atoms with Crippen LogP contribution in [0.5, 0.6) is 0 Å². The van der Waals surface area contributed by atoms with Crippen molar-refractivity contribution >= 4 is 0 Å². The van der Waals surface area contributed by atoms with Crippen molar-refractivity contribution in [3.63, 3.8) is 0 Å². The van der Waals surface area contributed by atoms with Crippen molar-refractivity contribution in [2.24, 2.45) is 5.73 Å². The first-order chi connectivity index (χ1) is 6.75. The normalized spacial score (nSPS) is 35.4. The summed E-state index contributed by atoms with van der Waals surface area (Å²) in [5.41, 5.74) is 7.48. The highest BCUT2D eigenvalue weighted by molar-refractivity contribution is 5.04. The standard InChI is InChI=1S/C12H22N2/c1-10-6-8-14(9-7-10)12-4-2-11(13)3-5-12/h6,11-12H,2-5,7-9,13H2,1H3. The van der Waals surface area contributed by atoms with Gasteiger partial charge in [0.2, 0.25) is 0 Å². The van der Waals surface area contributed by atoms with E-state index in [0.29, 0.717) is 6.04 Å². The Morgan fingerprint density at radius 3 is 2.57 bits per heavy atom.